The Kier molecular flexibility index (Phi) is 8.31. The first-order valence-corrected chi connectivity index (χ1v) is 13.4. The number of pyridine rings is 1. The number of anilines is 1. The first-order valence-electron chi connectivity index (χ1n) is 12.2. The summed E-state index contributed by atoms with van der Waals surface area (Å²) in [5, 5.41) is 7.80. The lowest BCUT2D eigenvalue weighted by Gasteiger charge is -2.18. The molecule has 0 atom stereocenters. The van der Waals surface area contributed by atoms with Crippen molar-refractivity contribution >= 4 is 46.4 Å². The van der Waals surface area contributed by atoms with Gasteiger partial charge in [0.15, 0.2) is 0 Å². The Morgan fingerprint density at radius 2 is 1.88 bits per heavy atom. The Balaban J connectivity index is 1.82. The van der Waals surface area contributed by atoms with Crippen molar-refractivity contribution in [1.29, 1.82) is 0 Å². The van der Waals surface area contributed by atoms with Crippen LogP contribution in [-0.2, 0) is 13.1 Å². The van der Waals surface area contributed by atoms with Crippen molar-refractivity contribution in [1.82, 2.24) is 29.2 Å². The summed E-state index contributed by atoms with van der Waals surface area (Å²) in [6, 6.07) is 6.48. The van der Waals surface area contributed by atoms with Crippen LogP contribution in [0.1, 0.15) is 51.3 Å². The smallest absolute Gasteiger partial charge is 0.254 e. The molecule has 13 heteroatoms. The molecule has 0 aromatic carbocycles. The third-order valence-electron chi connectivity index (χ3n) is 5.82. The second kappa shape index (κ2) is 11.5. The Morgan fingerprint density at radius 1 is 1.12 bits per heavy atom. The molecule has 1 amide bonds. The van der Waals surface area contributed by atoms with Gasteiger partial charge in [0.2, 0.25) is 5.78 Å². The number of ketones is 1. The first-order chi connectivity index (χ1) is 18.8. The molecule has 0 aliphatic carbocycles. The van der Waals surface area contributed by atoms with Crippen molar-refractivity contribution < 1.29 is 14.4 Å². The number of hydrogen-bond acceptors (Lipinski definition) is 9. The zero-order valence-electron chi connectivity index (χ0n) is 22.6. The van der Waals surface area contributed by atoms with Gasteiger partial charge < -0.3 is 14.8 Å². The van der Waals surface area contributed by atoms with E-state index in [1.807, 2.05) is 6.07 Å². The Bertz CT molecular complexity index is 1630. The molecule has 1 N–H and O–H groups in total. The summed E-state index contributed by atoms with van der Waals surface area (Å²) in [6.45, 7) is 5.39. The van der Waals surface area contributed by atoms with Crippen LogP contribution in [-0.4, -0.2) is 60.9 Å². The molecule has 40 heavy (non-hydrogen) atoms. The molecule has 0 radical (unpaired) electrons. The number of hydrogen-bond donors (Lipinski definition) is 1. The number of amides is 1. The lowest BCUT2D eigenvalue weighted by atomic mass is 9.96. The van der Waals surface area contributed by atoms with Crippen LogP contribution in [0.25, 0.3) is 11.3 Å². The van der Waals surface area contributed by atoms with E-state index in [-0.39, 0.29) is 35.0 Å². The minimum absolute atomic E-state index is 0.0858. The number of aromatic nitrogens is 5. The highest BCUT2D eigenvalue weighted by Gasteiger charge is 2.28. The minimum Gasteiger partial charge on any atom is -0.365 e. The van der Waals surface area contributed by atoms with Crippen LogP contribution in [0.2, 0.25) is 4.34 Å². The first kappa shape index (κ1) is 28.8. The van der Waals surface area contributed by atoms with Crippen molar-refractivity contribution in [2.45, 2.75) is 33.9 Å². The number of rotatable bonds is 8. The Labute approximate surface area is 239 Å². The molecule has 4 aromatic rings. The van der Waals surface area contributed by atoms with E-state index in [1.165, 1.54) is 56.3 Å². The van der Waals surface area contributed by atoms with Gasteiger partial charge in [-0.3, -0.25) is 24.2 Å². The van der Waals surface area contributed by atoms with E-state index in [0.717, 1.165) is 4.88 Å². The predicted octanol–water partition coefficient (Wildman–Crippen LogP) is 4.10. The SMILES string of the molecule is CN(C)C(=O)c1cc(=O)n(CC(=O)c2cnccn2)cc1-c1cc(NCc2ccc(Cl)s2)n(C(=O)C(C)(C)C)n1. The van der Waals surface area contributed by atoms with Crippen molar-refractivity contribution in [3.8, 4) is 11.3 Å². The summed E-state index contributed by atoms with van der Waals surface area (Å²) in [7, 11) is 3.13. The Morgan fingerprint density at radius 3 is 2.48 bits per heavy atom. The van der Waals surface area contributed by atoms with E-state index >= 15 is 0 Å². The molecule has 0 unspecified atom stereocenters. The molecule has 0 bridgehead atoms. The zero-order valence-corrected chi connectivity index (χ0v) is 24.2. The molecule has 0 spiro atoms. The van der Waals surface area contributed by atoms with E-state index in [1.54, 1.807) is 47.0 Å². The largest absolute Gasteiger partial charge is 0.365 e. The van der Waals surface area contributed by atoms with Crippen LogP contribution in [0.3, 0.4) is 0 Å². The third kappa shape index (κ3) is 6.35. The van der Waals surface area contributed by atoms with Crippen molar-refractivity contribution in [3.05, 3.63) is 79.9 Å². The van der Waals surface area contributed by atoms with Gasteiger partial charge in [0.05, 0.1) is 34.9 Å². The van der Waals surface area contributed by atoms with Crippen molar-refractivity contribution in [2.24, 2.45) is 5.41 Å². The third-order valence-corrected chi connectivity index (χ3v) is 7.05. The van der Waals surface area contributed by atoms with Crippen LogP contribution in [0.5, 0.6) is 0 Å². The summed E-state index contributed by atoms with van der Waals surface area (Å²) < 4.78 is 3.08. The lowest BCUT2D eigenvalue weighted by Crippen LogP contribution is -2.29. The van der Waals surface area contributed by atoms with E-state index in [0.29, 0.717) is 16.7 Å². The van der Waals surface area contributed by atoms with Gasteiger partial charge in [0, 0.05) is 60.7 Å². The molecular formula is C27H28ClN7O4S. The molecule has 0 saturated heterocycles. The maximum atomic E-state index is 13.4. The average Bonchev–Trinajstić information content (AvgIpc) is 3.53. The number of halogens is 1. The fraction of sp³-hybridized carbons (Fsp3) is 0.296. The van der Waals surface area contributed by atoms with Gasteiger partial charge in [-0.25, -0.2) is 4.98 Å². The van der Waals surface area contributed by atoms with E-state index in [4.69, 9.17) is 11.6 Å². The molecule has 4 aromatic heterocycles. The fourth-order valence-electron chi connectivity index (χ4n) is 3.73. The number of carbonyl (C=O) groups excluding carboxylic acids is 3. The number of thiophene rings is 1. The number of nitrogens with zero attached hydrogens (tertiary/aromatic N) is 6. The summed E-state index contributed by atoms with van der Waals surface area (Å²) in [4.78, 5) is 62.4. The van der Waals surface area contributed by atoms with Gasteiger partial charge in [-0.2, -0.15) is 9.78 Å². The van der Waals surface area contributed by atoms with Gasteiger partial charge in [-0.1, -0.05) is 32.4 Å². The highest BCUT2D eigenvalue weighted by atomic mass is 35.5. The summed E-state index contributed by atoms with van der Waals surface area (Å²) >= 11 is 7.47. The van der Waals surface area contributed by atoms with Crippen LogP contribution < -0.4 is 10.9 Å². The topological polar surface area (TPSA) is 132 Å². The minimum atomic E-state index is -0.768. The molecule has 208 valence electrons. The summed E-state index contributed by atoms with van der Waals surface area (Å²) in [5.74, 6) is -0.745. The summed E-state index contributed by atoms with van der Waals surface area (Å²) in [6.07, 6.45) is 5.55. The van der Waals surface area contributed by atoms with E-state index < -0.39 is 22.7 Å². The zero-order chi connectivity index (χ0) is 29.2. The normalized spacial score (nSPS) is 11.3. The fourth-order valence-corrected chi connectivity index (χ4v) is 4.76. The molecular weight excluding hydrogens is 554 g/mol. The Hall–Kier alpha value is -4.16. The summed E-state index contributed by atoms with van der Waals surface area (Å²) in [5.41, 5.74) is -0.574. The van der Waals surface area contributed by atoms with Crippen LogP contribution >= 0.6 is 22.9 Å². The molecule has 4 heterocycles. The molecule has 0 saturated carbocycles. The van der Waals surface area contributed by atoms with Crippen LogP contribution in [0.4, 0.5) is 5.82 Å². The van der Waals surface area contributed by atoms with Crippen LogP contribution in [0.15, 0.2) is 53.8 Å². The molecule has 4 rings (SSSR count). The molecule has 0 fully saturated rings. The van der Waals surface area contributed by atoms with Gasteiger partial charge in [0.25, 0.3) is 17.4 Å². The highest BCUT2D eigenvalue weighted by Crippen LogP contribution is 2.29. The second-order valence-electron chi connectivity index (χ2n) is 10.2. The van der Waals surface area contributed by atoms with Gasteiger partial charge in [0.1, 0.15) is 11.5 Å². The van der Waals surface area contributed by atoms with Crippen molar-refractivity contribution in [3.63, 3.8) is 0 Å². The van der Waals surface area contributed by atoms with E-state index in [9.17, 15) is 19.2 Å². The second-order valence-corrected chi connectivity index (χ2v) is 12.0. The predicted molar refractivity (Wildman–Crippen MR) is 153 cm³/mol. The molecule has 0 aliphatic heterocycles. The van der Waals surface area contributed by atoms with Gasteiger partial charge in [-0.05, 0) is 12.1 Å². The van der Waals surface area contributed by atoms with E-state index in [2.05, 4.69) is 20.4 Å². The monoisotopic (exact) mass is 581 g/mol. The molecule has 11 nitrogen and oxygen atoms in total. The highest BCUT2D eigenvalue weighted by molar-refractivity contribution is 7.16. The maximum Gasteiger partial charge on any atom is 0.254 e. The molecule has 0 aliphatic rings. The average molecular weight is 582 g/mol. The van der Waals surface area contributed by atoms with Gasteiger partial charge >= 0.3 is 0 Å². The maximum absolute atomic E-state index is 13.4. The number of nitrogens with one attached hydrogen (secondary N) is 1. The quantitative estimate of drug-likeness (QED) is 0.308. The van der Waals surface area contributed by atoms with Crippen molar-refractivity contribution in [2.75, 3.05) is 19.4 Å². The van der Waals surface area contributed by atoms with Crippen LogP contribution in [0, 0.1) is 5.41 Å². The number of carbonyl (C=O) groups is 3. The lowest BCUT2D eigenvalue weighted by molar-refractivity contribution is 0.0751. The number of Topliss-reactive ketones (excluding diaryl/α,β-unsaturated/α-hetero) is 1. The standard InChI is InChI=1S/C27H28ClN7O4S/c1-27(2,3)26(39)35-23(31-12-16-6-7-22(28)40-16)11-19(32-35)18-14-34(15-21(36)20-13-29-8-9-30-20)24(37)10-17(18)25(38)33(4)5/h6-11,13-14,31H,12,15H2,1-5H3. The van der Waals surface area contributed by atoms with Gasteiger partial charge in [-0.15, -0.1) is 11.3 Å².